The molecule has 6 heteroatoms. The summed E-state index contributed by atoms with van der Waals surface area (Å²) in [6.45, 7) is 0.102. The van der Waals surface area contributed by atoms with Crippen LogP contribution in [0.15, 0.2) is 17.4 Å². The highest BCUT2D eigenvalue weighted by molar-refractivity contribution is 5.68. The minimum absolute atomic E-state index is 0.102. The van der Waals surface area contributed by atoms with Gasteiger partial charge in [-0.2, -0.15) is 5.26 Å². The van der Waals surface area contributed by atoms with Crippen LogP contribution >= 0.6 is 0 Å². The third-order valence-electron chi connectivity index (χ3n) is 1.66. The Bertz CT molecular complexity index is 532. The third kappa shape index (κ3) is 1.06. The topological polar surface area (TPSA) is 87.4 Å². The molecule has 0 amide bonds. The minimum Gasteiger partial charge on any atom is -0.311 e. The van der Waals surface area contributed by atoms with Crippen molar-refractivity contribution in [1.82, 2.24) is 19.5 Å². The van der Waals surface area contributed by atoms with Crippen LogP contribution in [-0.2, 0) is 6.54 Å². The van der Waals surface area contributed by atoms with E-state index in [4.69, 9.17) is 5.26 Å². The van der Waals surface area contributed by atoms with Gasteiger partial charge in [-0.25, -0.2) is 9.97 Å². The van der Waals surface area contributed by atoms with Crippen molar-refractivity contribution in [2.24, 2.45) is 0 Å². The zero-order valence-electron chi connectivity index (χ0n) is 6.56. The van der Waals surface area contributed by atoms with Crippen LogP contribution in [0.2, 0.25) is 0 Å². The highest BCUT2D eigenvalue weighted by Crippen LogP contribution is 2.01. The number of nitriles is 1. The molecule has 0 atom stereocenters. The van der Waals surface area contributed by atoms with E-state index >= 15 is 0 Å². The molecule has 0 saturated heterocycles. The van der Waals surface area contributed by atoms with Gasteiger partial charge in [0.1, 0.15) is 6.54 Å². The van der Waals surface area contributed by atoms with Gasteiger partial charge in [0, 0.05) is 0 Å². The van der Waals surface area contributed by atoms with Gasteiger partial charge in [-0.1, -0.05) is 0 Å². The molecule has 0 bridgehead atoms. The molecule has 0 radical (unpaired) electrons. The predicted molar refractivity (Wildman–Crippen MR) is 43.8 cm³/mol. The van der Waals surface area contributed by atoms with Crippen LogP contribution in [0.5, 0.6) is 0 Å². The maximum atomic E-state index is 11.3. The zero-order chi connectivity index (χ0) is 9.26. The summed E-state index contributed by atoms with van der Waals surface area (Å²) in [6, 6.07) is 1.93. The molecule has 0 spiro atoms. The maximum absolute atomic E-state index is 11.3. The van der Waals surface area contributed by atoms with E-state index in [9.17, 15) is 4.79 Å². The third-order valence-corrected chi connectivity index (χ3v) is 1.66. The van der Waals surface area contributed by atoms with E-state index in [0.717, 1.165) is 0 Å². The van der Waals surface area contributed by atoms with Gasteiger partial charge in [0.2, 0.25) is 0 Å². The lowest BCUT2D eigenvalue weighted by molar-refractivity contribution is 0.854. The van der Waals surface area contributed by atoms with Crippen molar-refractivity contribution in [1.29, 1.82) is 5.26 Å². The van der Waals surface area contributed by atoms with Crippen LogP contribution in [0.4, 0.5) is 0 Å². The van der Waals surface area contributed by atoms with Gasteiger partial charge in [0.15, 0.2) is 11.2 Å². The van der Waals surface area contributed by atoms with E-state index < -0.39 is 0 Å². The maximum Gasteiger partial charge on any atom is 0.277 e. The molecule has 0 fully saturated rings. The molecule has 2 heterocycles. The van der Waals surface area contributed by atoms with Gasteiger partial charge in [-0.15, -0.1) is 0 Å². The number of aromatic nitrogens is 4. The van der Waals surface area contributed by atoms with Gasteiger partial charge < -0.3 is 9.55 Å². The van der Waals surface area contributed by atoms with E-state index in [1.54, 1.807) is 0 Å². The first-order valence-corrected chi connectivity index (χ1v) is 3.58. The fraction of sp³-hybridized carbons (Fsp3) is 0.143. The van der Waals surface area contributed by atoms with Gasteiger partial charge in [0.25, 0.3) is 5.56 Å². The number of fused-ring (bicyclic) bond motifs is 1. The van der Waals surface area contributed by atoms with Crippen LogP contribution in [0.3, 0.4) is 0 Å². The van der Waals surface area contributed by atoms with Crippen LogP contribution in [-0.4, -0.2) is 19.5 Å². The predicted octanol–water partition coefficient (Wildman–Crippen LogP) is -0.357. The number of aromatic amines is 1. The highest BCUT2D eigenvalue weighted by atomic mass is 16.1. The summed E-state index contributed by atoms with van der Waals surface area (Å²) in [4.78, 5) is 21.4. The van der Waals surface area contributed by atoms with Gasteiger partial charge in [-0.3, -0.25) is 4.79 Å². The van der Waals surface area contributed by atoms with E-state index in [2.05, 4.69) is 15.0 Å². The Hall–Kier alpha value is -2.16. The normalized spacial score (nSPS) is 10.1. The Labute approximate surface area is 72.5 Å². The second-order valence-corrected chi connectivity index (χ2v) is 2.43. The van der Waals surface area contributed by atoms with E-state index in [1.807, 2.05) is 6.07 Å². The summed E-state index contributed by atoms with van der Waals surface area (Å²) in [7, 11) is 0. The lowest BCUT2D eigenvalue weighted by atomic mass is 10.5. The van der Waals surface area contributed by atoms with Crippen molar-refractivity contribution in [2.75, 3.05) is 0 Å². The summed E-state index contributed by atoms with van der Waals surface area (Å²) < 4.78 is 1.46. The van der Waals surface area contributed by atoms with Crippen LogP contribution in [0.25, 0.3) is 11.2 Å². The van der Waals surface area contributed by atoms with Gasteiger partial charge in [0.05, 0.1) is 18.7 Å². The standard InChI is InChI=1S/C7H5N5O/c8-1-2-12-4-11-6-5(12)7(13)10-3-9-6/h3-4H,2H2,(H,9,10,13). The monoisotopic (exact) mass is 175 g/mol. The smallest absolute Gasteiger partial charge is 0.277 e. The number of hydrogen-bond donors (Lipinski definition) is 1. The van der Waals surface area contributed by atoms with Crippen molar-refractivity contribution >= 4 is 11.2 Å². The first kappa shape index (κ1) is 7.49. The van der Waals surface area contributed by atoms with E-state index in [-0.39, 0.29) is 12.1 Å². The molecule has 2 aromatic rings. The molecular weight excluding hydrogens is 170 g/mol. The van der Waals surface area contributed by atoms with Crippen molar-refractivity contribution < 1.29 is 0 Å². The Morgan fingerprint density at radius 3 is 3.23 bits per heavy atom. The van der Waals surface area contributed by atoms with Gasteiger partial charge >= 0.3 is 0 Å². The molecular formula is C7H5N5O. The molecule has 13 heavy (non-hydrogen) atoms. The molecule has 0 saturated carbocycles. The number of H-pyrrole nitrogens is 1. The number of nitrogens with zero attached hydrogens (tertiary/aromatic N) is 4. The summed E-state index contributed by atoms with van der Waals surface area (Å²) in [6.07, 6.45) is 2.71. The van der Waals surface area contributed by atoms with Gasteiger partial charge in [-0.05, 0) is 0 Å². The lowest BCUT2D eigenvalue weighted by Crippen LogP contribution is -2.10. The zero-order valence-corrected chi connectivity index (χ0v) is 6.56. The summed E-state index contributed by atoms with van der Waals surface area (Å²) >= 11 is 0. The molecule has 0 unspecified atom stereocenters. The summed E-state index contributed by atoms with van der Waals surface area (Å²) in [5.74, 6) is 0. The largest absolute Gasteiger partial charge is 0.311 e. The SMILES string of the molecule is N#CCn1cnc2nc[nH]c(=O)c21. The molecule has 0 aromatic carbocycles. The number of nitrogens with one attached hydrogen (secondary N) is 1. The van der Waals surface area contributed by atoms with E-state index in [1.165, 1.54) is 17.2 Å². The molecule has 2 aromatic heterocycles. The highest BCUT2D eigenvalue weighted by Gasteiger charge is 2.05. The first-order valence-electron chi connectivity index (χ1n) is 3.58. The van der Waals surface area contributed by atoms with E-state index in [0.29, 0.717) is 11.2 Å². The van der Waals surface area contributed by atoms with Crippen molar-refractivity contribution in [3.05, 3.63) is 23.0 Å². The van der Waals surface area contributed by atoms with Crippen LogP contribution in [0.1, 0.15) is 0 Å². The Morgan fingerprint density at radius 2 is 2.46 bits per heavy atom. The Morgan fingerprint density at radius 1 is 1.62 bits per heavy atom. The Balaban J connectivity index is 2.80. The van der Waals surface area contributed by atoms with Crippen molar-refractivity contribution in [3.8, 4) is 6.07 Å². The molecule has 0 aliphatic carbocycles. The fourth-order valence-electron chi connectivity index (χ4n) is 1.11. The lowest BCUT2D eigenvalue weighted by Gasteiger charge is -1.93. The first-order chi connectivity index (χ1) is 6.33. The number of imidazole rings is 1. The molecule has 0 aliphatic rings. The number of rotatable bonds is 1. The Kier molecular flexibility index (Phi) is 1.56. The molecule has 64 valence electrons. The quantitative estimate of drug-likeness (QED) is 0.641. The number of hydrogen-bond acceptors (Lipinski definition) is 4. The average molecular weight is 175 g/mol. The molecule has 1 N–H and O–H groups in total. The fourth-order valence-corrected chi connectivity index (χ4v) is 1.11. The average Bonchev–Trinajstić information content (AvgIpc) is 2.51. The molecule has 0 aliphatic heterocycles. The van der Waals surface area contributed by atoms with Crippen LogP contribution < -0.4 is 5.56 Å². The van der Waals surface area contributed by atoms with Crippen molar-refractivity contribution in [3.63, 3.8) is 0 Å². The minimum atomic E-state index is -0.280. The van der Waals surface area contributed by atoms with Crippen LogP contribution in [0, 0.1) is 11.3 Å². The second-order valence-electron chi connectivity index (χ2n) is 2.43. The molecule has 6 nitrogen and oxygen atoms in total. The van der Waals surface area contributed by atoms with Crippen molar-refractivity contribution in [2.45, 2.75) is 6.54 Å². The molecule has 2 rings (SSSR count). The summed E-state index contributed by atoms with van der Waals surface area (Å²) in [5.41, 5.74) is 0.417. The summed E-state index contributed by atoms with van der Waals surface area (Å²) in [5, 5.41) is 8.46. The second kappa shape index (κ2) is 2.71.